The number of carbonyl (C=O) groups is 1. The van der Waals surface area contributed by atoms with Crippen molar-refractivity contribution in [1.82, 2.24) is 9.59 Å². The second kappa shape index (κ2) is 5.62. The molecule has 0 N–H and O–H groups in total. The van der Waals surface area contributed by atoms with Crippen molar-refractivity contribution < 1.29 is 14.3 Å². The number of hydrogen-bond acceptors (Lipinski definition) is 7. The predicted octanol–water partition coefficient (Wildman–Crippen LogP) is 1.33. The van der Waals surface area contributed by atoms with Crippen molar-refractivity contribution in [1.29, 1.82) is 0 Å². The van der Waals surface area contributed by atoms with E-state index in [4.69, 9.17) is 9.47 Å². The van der Waals surface area contributed by atoms with Gasteiger partial charge in [-0.15, -0.1) is 5.10 Å². The summed E-state index contributed by atoms with van der Waals surface area (Å²) in [6.07, 6.45) is 0.261. The van der Waals surface area contributed by atoms with Crippen LogP contribution in [0.15, 0.2) is 0 Å². The Hall–Kier alpha value is -1.21. The van der Waals surface area contributed by atoms with E-state index in [-0.39, 0.29) is 12.2 Å². The summed E-state index contributed by atoms with van der Waals surface area (Å²) >= 11 is 1.22. The molecule has 2 rings (SSSR count). The Morgan fingerprint density at radius 1 is 1.50 bits per heavy atom. The van der Waals surface area contributed by atoms with Gasteiger partial charge in [-0.2, -0.15) is 0 Å². The summed E-state index contributed by atoms with van der Waals surface area (Å²) in [5, 5.41) is 4.65. The van der Waals surface area contributed by atoms with E-state index < -0.39 is 5.97 Å². The SMILES string of the molecule is CCOC(=O)c1nnsc1N1C[C@@H](C)O[C@@H](C)C1. The van der Waals surface area contributed by atoms with E-state index >= 15 is 0 Å². The highest BCUT2D eigenvalue weighted by atomic mass is 32.1. The van der Waals surface area contributed by atoms with Gasteiger partial charge in [0.1, 0.15) is 5.00 Å². The minimum Gasteiger partial charge on any atom is -0.461 e. The van der Waals surface area contributed by atoms with Crippen molar-refractivity contribution in [3.05, 3.63) is 5.69 Å². The lowest BCUT2D eigenvalue weighted by molar-refractivity contribution is -0.00515. The highest BCUT2D eigenvalue weighted by molar-refractivity contribution is 7.10. The molecule has 0 saturated carbocycles. The molecule has 1 aromatic heterocycles. The molecule has 18 heavy (non-hydrogen) atoms. The fourth-order valence-corrected chi connectivity index (χ4v) is 2.74. The van der Waals surface area contributed by atoms with Crippen LogP contribution in [0.4, 0.5) is 5.00 Å². The molecule has 0 spiro atoms. The van der Waals surface area contributed by atoms with E-state index in [0.29, 0.717) is 12.3 Å². The Morgan fingerprint density at radius 3 is 2.78 bits per heavy atom. The lowest BCUT2D eigenvalue weighted by Gasteiger charge is -2.35. The van der Waals surface area contributed by atoms with Gasteiger partial charge >= 0.3 is 5.97 Å². The Balaban J connectivity index is 2.18. The summed E-state index contributed by atoms with van der Waals surface area (Å²) in [7, 11) is 0. The van der Waals surface area contributed by atoms with Crippen LogP contribution < -0.4 is 4.90 Å². The quantitative estimate of drug-likeness (QED) is 0.773. The summed E-state index contributed by atoms with van der Waals surface area (Å²) in [6.45, 7) is 7.62. The minimum atomic E-state index is -0.409. The second-order valence-corrected chi connectivity index (χ2v) is 5.04. The number of aromatic nitrogens is 2. The molecule has 0 aliphatic carbocycles. The van der Waals surface area contributed by atoms with Crippen LogP contribution in [0.5, 0.6) is 0 Å². The molecule has 7 heteroatoms. The van der Waals surface area contributed by atoms with Gasteiger partial charge in [-0.3, -0.25) is 0 Å². The van der Waals surface area contributed by atoms with Crippen LogP contribution in [-0.2, 0) is 9.47 Å². The topological polar surface area (TPSA) is 64.5 Å². The number of nitrogens with zero attached hydrogens (tertiary/aromatic N) is 3. The fraction of sp³-hybridized carbons (Fsp3) is 0.727. The molecule has 1 aliphatic rings. The standard InChI is InChI=1S/C11H17N3O3S/c1-4-16-11(15)9-10(18-13-12-9)14-5-7(2)17-8(3)6-14/h7-8H,4-6H2,1-3H3/t7-,8+. The van der Waals surface area contributed by atoms with Crippen LogP contribution in [0.2, 0.25) is 0 Å². The molecular weight excluding hydrogens is 254 g/mol. The van der Waals surface area contributed by atoms with E-state index in [1.807, 2.05) is 13.8 Å². The van der Waals surface area contributed by atoms with Gasteiger partial charge in [0, 0.05) is 24.6 Å². The zero-order valence-corrected chi connectivity index (χ0v) is 11.6. The van der Waals surface area contributed by atoms with E-state index in [2.05, 4.69) is 14.5 Å². The van der Waals surface area contributed by atoms with Crippen LogP contribution in [0.25, 0.3) is 0 Å². The van der Waals surface area contributed by atoms with Crippen LogP contribution in [0.1, 0.15) is 31.3 Å². The number of carbonyl (C=O) groups excluding carboxylic acids is 1. The maximum absolute atomic E-state index is 11.8. The normalized spacial score (nSPS) is 24.1. The average molecular weight is 271 g/mol. The number of esters is 1. The van der Waals surface area contributed by atoms with Crippen LogP contribution in [0, 0.1) is 0 Å². The van der Waals surface area contributed by atoms with Crippen LogP contribution in [0.3, 0.4) is 0 Å². The van der Waals surface area contributed by atoms with Crippen molar-refractivity contribution in [3.63, 3.8) is 0 Å². The summed E-state index contributed by atoms with van der Waals surface area (Å²) in [5.41, 5.74) is 0.308. The first-order valence-electron chi connectivity index (χ1n) is 6.01. The summed E-state index contributed by atoms with van der Waals surface area (Å²) in [5.74, 6) is -0.409. The number of rotatable bonds is 3. The van der Waals surface area contributed by atoms with E-state index in [0.717, 1.165) is 18.1 Å². The van der Waals surface area contributed by atoms with Crippen LogP contribution in [-0.4, -0.2) is 47.5 Å². The molecule has 2 atom stereocenters. The Morgan fingerprint density at radius 2 is 2.17 bits per heavy atom. The van der Waals surface area contributed by atoms with Crippen molar-refractivity contribution >= 4 is 22.5 Å². The van der Waals surface area contributed by atoms with E-state index in [1.165, 1.54) is 11.5 Å². The van der Waals surface area contributed by atoms with E-state index in [9.17, 15) is 4.79 Å². The lowest BCUT2D eigenvalue weighted by Crippen LogP contribution is -2.45. The molecule has 1 aromatic rings. The molecule has 0 unspecified atom stereocenters. The van der Waals surface area contributed by atoms with Crippen molar-refractivity contribution in [3.8, 4) is 0 Å². The molecule has 0 aromatic carbocycles. The zero-order chi connectivity index (χ0) is 13.1. The van der Waals surface area contributed by atoms with Gasteiger partial charge in [-0.1, -0.05) is 4.49 Å². The monoisotopic (exact) mass is 271 g/mol. The maximum Gasteiger partial charge on any atom is 0.362 e. The van der Waals surface area contributed by atoms with E-state index in [1.54, 1.807) is 6.92 Å². The Labute approximate surface area is 110 Å². The third-order valence-corrected chi connectivity index (χ3v) is 3.43. The molecule has 1 fully saturated rings. The molecule has 100 valence electrons. The van der Waals surface area contributed by atoms with Crippen molar-refractivity contribution in [2.75, 3.05) is 24.6 Å². The molecular formula is C11H17N3O3S. The molecule has 1 aliphatic heterocycles. The maximum atomic E-state index is 11.8. The zero-order valence-electron chi connectivity index (χ0n) is 10.8. The number of ether oxygens (including phenoxy) is 2. The predicted molar refractivity (Wildman–Crippen MR) is 68.1 cm³/mol. The van der Waals surface area contributed by atoms with Gasteiger partial charge in [-0.25, -0.2) is 4.79 Å². The van der Waals surface area contributed by atoms with Gasteiger partial charge in [-0.05, 0) is 20.8 Å². The largest absolute Gasteiger partial charge is 0.461 e. The van der Waals surface area contributed by atoms with Crippen molar-refractivity contribution in [2.45, 2.75) is 33.0 Å². The Kier molecular flexibility index (Phi) is 4.13. The number of morpholine rings is 1. The van der Waals surface area contributed by atoms with Gasteiger partial charge in [0.05, 0.1) is 18.8 Å². The van der Waals surface area contributed by atoms with Gasteiger partial charge in [0.2, 0.25) is 5.69 Å². The first-order valence-corrected chi connectivity index (χ1v) is 6.79. The number of anilines is 1. The second-order valence-electron chi connectivity index (χ2n) is 4.31. The fourth-order valence-electron chi connectivity index (χ4n) is 2.06. The van der Waals surface area contributed by atoms with Crippen LogP contribution >= 0.6 is 11.5 Å². The first kappa shape index (κ1) is 13.2. The van der Waals surface area contributed by atoms with Gasteiger partial charge in [0.15, 0.2) is 0 Å². The molecule has 1 saturated heterocycles. The van der Waals surface area contributed by atoms with Gasteiger partial charge in [0.25, 0.3) is 0 Å². The third kappa shape index (κ3) is 2.78. The third-order valence-electron chi connectivity index (χ3n) is 2.65. The minimum absolute atomic E-state index is 0.130. The summed E-state index contributed by atoms with van der Waals surface area (Å²) in [6, 6.07) is 0. The number of hydrogen-bond donors (Lipinski definition) is 0. The molecule has 6 nitrogen and oxygen atoms in total. The molecule has 2 heterocycles. The lowest BCUT2D eigenvalue weighted by atomic mass is 10.2. The summed E-state index contributed by atoms with van der Waals surface area (Å²) in [4.78, 5) is 13.8. The molecule has 0 amide bonds. The van der Waals surface area contributed by atoms with Crippen molar-refractivity contribution in [2.24, 2.45) is 0 Å². The first-order chi connectivity index (χ1) is 8.61. The smallest absolute Gasteiger partial charge is 0.362 e. The Bertz CT molecular complexity index is 413. The molecule has 0 bridgehead atoms. The molecule has 0 radical (unpaired) electrons. The summed E-state index contributed by atoms with van der Waals surface area (Å²) < 4.78 is 14.5. The highest BCUT2D eigenvalue weighted by Crippen LogP contribution is 2.27. The average Bonchev–Trinajstić information content (AvgIpc) is 2.76. The van der Waals surface area contributed by atoms with Gasteiger partial charge < -0.3 is 14.4 Å². The highest BCUT2D eigenvalue weighted by Gasteiger charge is 2.28.